The molecule has 106 valence electrons. The van der Waals surface area contributed by atoms with Crippen LogP contribution in [0.15, 0.2) is 30.5 Å². The van der Waals surface area contributed by atoms with E-state index in [-0.39, 0.29) is 18.0 Å². The van der Waals surface area contributed by atoms with Crippen molar-refractivity contribution in [1.29, 1.82) is 0 Å². The molecule has 0 bridgehead atoms. The lowest BCUT2D eigenvalue weighted by atomic mass is 10.1. The summed E-state index contributed by atoms with van der Waals surface area (Å²) in [6.45, 7) is 6.02. The van der Waals surface area contributed by atoms with E-state index >= 15 is 0 Å². The summed E-state index contributed by atoms with van der Waals surface area (Å²) in [7, 11) is 0. The summed E-state index contributed by atoms with van der Waals surface area (Å²) in [5, 5.41) is 6.84. The van der Waals surface area contributed by atoms with Crippen LogP contribution in [0.1, 0.15) is 20.8 Å². The van der Waals surface area contributed by atoms with E-state index in [1.807, 2.05) is 45.0 Å². The lowest BCUT2D eigenvalue weighted by Gasteiger charge is -2.21. The maximum atomic E-state index is 11.8. The van der Waals surface area contributed by atoms with Crippen molar-refractivity contribution in [1.82, 2.24) is 10.3 Å². The normalized spacial score (nSPS) is 11.3. The van der Waals surface area contributed by atoms with Gasteiger partial charge in [-0.2, -0.15) is 0 Å². The maximum absolute atomic E-state index is 11.8. The Labute approximate surface area is 118 Å². The van der Waals surface area contributed by atoms with Crippen LogP contribution in [-0.4, -0.2) is 23.0 Å². The average Bonchev–Trinajstić information content (AvgIpc) is 2.36. The molecule has 5 heteroatoms. The second-order valence-corrected chi connectivity index (χ2v) is 5.75. The van der Waals surface area contributed by atoms with Crippen molar-refractivity contribution in [2.75, 3.05) is 17.6 Å². The van der Waals surface area contributed by atoms with Crippen LogP contribution in [0.5, 0.6) is 0 Å². The van der Waals surface area contributed by atoms with Gasteiger partial charge in [0, 0.05) is 17.1 Å². The first-order valence-electron chi connectivity index (χ1n) is 6.55. The molecule has 0 fully saturated rings. The van der Waals surface area contributed by atoms with Gasteiger partial charge in [0.05, 0.1) is 23.4 Å². The van der Waals surface area contributed by atoms with Crippen LogP contribution in [0, 0.1) is 0 Å². The minimum absolute atomic E-state index is 0.0665. The number of fused-ring (bicyclic) bond motifs is 1. The molecule has 5 nitrogen and oxygen atoms in total. The Morgan fingerprint density at radius 1 is 1.30 bits per heavy atom. The molecular weight excluding hydrogens is 252 g/mol. The van der Waals surface area contributed by atoms with E-state index in [4.69, 9.17) is 5.73 Å². The molecule has 1 heterocycles. The Morgan fingerprint density at radius 2 is 2.05 bits per heavy atom. The summed E-state index contributed by atoms with van der Waals surface area (Å²) in [4.78, 5) is 16.0. The zero-order chi connectivity index (χ0) is 14.8. The molecule has 0 spiro atoms. The van der Waals surface area contributed by atoms with Crippen LogP contribution < -0.4 is 16.4 Å². The van der Waals surface area contributed by atoms with Crippen LogP contribution in [0.25, 0.3) is 10.9 Å². The van der Waals surface area contributed by atoms with Crippen molar-refractivity contribution in [3.8, 4) is 0 Å². The van der Waals surface area contributed by atoms with Crippen molar-refractivity contribution >= 4 is 28.2 Å². The van der Waals surface area contributed by atoms with E-state index in [2.05, 4.69) is 15.6 Å². The Balaban J connectivity index is 2.11. The molecular formula is C15H20N4O. The molecule has 0 saturated carbocycles. The smallest absolute Gasteiger partial charge is 0.239 e. The molecule has 0 radical (unpaired) electrons. The van der Waals surface area contributed by atoms with Crippen LogP contribution in [0.3, 0.4) is 0 Å². The van der Waals surface area contributed by atoms with Crippen LogP contribution >= 0.6 is 0 Å². The third-order valence-corrected chi connectivity index (χ3v) is 2.78. The zero-order valence-corrected chi connectivity index (χ0v) is 12.0. The van der Waals surface area contributed by atoms with Crippen LogP contribution in [0.4, 0.5) is 11.4 Å². The minimum atomic E-state index is -0.238. The molecule has 0 aliphatic rings. The Bertz CT molecular complexity index is 631. The number of nitrogens with two attached hydrogens (primary N) is 1. The third kappa shape index (κ3) is 3.38. The highest BCUT2D eigenvalue weighted by Gasteiger charge is 2.13. The van der Waals surface area contributed by atoms with Gasteiger partial charge in [-0.25, -0.2) is 0 Å². The SMILES string of the molecule is CC(C)(C)NC(=O)CNc1ccc2ncccc2c1N. The number of pyridine rings is 1. The minimum Gasteiger partial charge on any atom is -0.397 e. The molecule has 4 N–H and O–H groups in total. The number of carbonyl (C=O) groups excluding carboxylic acids is 1. The van der Waals surface area contributed by atoms with E-state index in [9.17, 15) is 4.79 Å². The van der Waals surface area contributed by atoms with Gasteiger partial charge in [-0.05, 0) is 45.0 Å². The monoisotopic (exact) mass is 272 g/mol. The highest BCUT2D eigenvalue weighted by molar-refractivity contribution is 5.97. The van der Waals surface area contributed by atoms with Gasteiger partial charge >= 0.3 is 0 Å². The van der Waals surface area contributed by atoms with Crippen molar-refractivity contribution in [2.24, 2.45) is 0 Å². The van der Waals surface area contributed by atoms with Crippen LogP contribution in [-0.2, 0) is 4.79 Å². The van der Waals surface area contributed by atoms with Crippen molar-refractivity contribution in [3.05, 3.63) is 30.5 Å². The van der Waals surface area contributed by atoms with Gasteiger partial charge in [-0.1, -0.05) is 0 Å². The molecule has 0 aliphatic carbocycles. The van der Waals surface area contributed by atoms with Gasteiger partial charge in [-0.15, -0.1) is 0 Å². The first kappa shape index (κ1) is 14.1. The summed E-state index contributed by atoms with van der Waals surface area (Å²) in [6, 6.07) is 7.48. The standard InChI is InChI=1S/C15H20N4O/c1-15(2,3)19-13(20)9-18-12-7-6-11-10(14(12)16)5-4-8-17-11/h4-8,18H,9,16H2,1-3H3,(H,19,20). The highest BCUT2D eigenvalue weighted by Crippen LogP contribution is 2.27. The fraction of sp³-hybridized carbons (Fsp3) is 0.333. The molecule has 0 aliphatic heterocycles. The molecule has 1 aromatic carbocycles. The summed E-state index contributed by atoms with van der Waals surface area (Å²) in [5.74, 6) is -0.0665. The third-order valence-electron chi connectivity index (χ3n) is 2.78. The average molecular weight is 272 g/mol. The highest BCUT2D eigenvalue weighted by atomic mass is 16.2. The number of carbonyl (C=O) groups is 1. The zero-order valence-electron chi connectivity index (χ0n) is 12.0. The molecule has 0 atom stereocenters. The Morgan fingerprint density at radius 3 is 2.75 bits per heavy atom. The molecule has 1 aromatic heterocycles. The number of nitrogen functional groups attached to an aromatic ring is 1. The Hall–Kier alpha value is -2.30. The topological polar surface area (TPSA) is 80.0 Å². The Kier molecular flexibility index (Phi) is 3.79. The second kappa shape index (κ2) is 5.36. The van der Waals surface area contributed by atoms with Crippen molar-refractivity contribution < 1.29 is 4.79 Å². The number of rotatable bonds is 3. The number of benzene rings is 1. The summed E-state index contributed by atoms with van der Waals surface area (Å²) < 4.78 is 0. The molecule has 0 saturated heterocycles. The van der Waals surface area contributed by atoms with Crippen molar-refractivity contribution in [3.63, 3.8) is 0 Å². The number of nitrogens with zero attached hydrogens (tertiary/aromatic N) is 1. The van der Waals surface area contributed by atoms with Crippen LogP contribution in [0.2, 0.25) is 0 Å². The number of hydrogen-bond acceptors (Lipinski definition) is 4. The van der Waals surface area contributed by atoms with Gasteiger partial charge in [0.25, 0.3) is 0 Å². The number of amides is 1. The molecule has 0 unspecified atom stereocenters. The molecule has 2 rings (SSSR count). The number of anilines is 2. The van der Waals surface area contributed by atoms with Gasteiger partial charge in [0.15, 0.2) is 0 Å². The van der Waals surface area contributed by atoms with E-state index in [1.54, 1.807) is 6.20 Å². The number of nitrogens with one attached hydrogen (secondary N) is 2. The lowest BCUT2D eigenvalue weighted by molar-refractivity contribution is -0.120. The van der Waals surface area contributed by atoms with Gasteiger partial charge in [0.1, 0.15) is 0 Å². The summed E-state index contributed by atoms with van der Waals surface area (Å²) >= 11 is 0. The molecule has 2 aromatic rings. The molecule has 20 heavy (non-hydrogen) atoms. The van der Waals surface area contributed by atoms with Gasteiger partial charge in [-0.3, -0.25) is 9.78 Å². The lowest BCUT2D eigenvalue weighted by Crippen LogP contribution is -2.43. The van der Waals surface area contributed by atoms with E-state index in [0.717, 1.165) is 16.6 Å². The number of hydrogen-bond donors (Lipinski definition) is 3. The van der Waals surface area contributed by atoms with E-state index in [1.165, 1.54) is 0 Å². The maximum Gasteiger partial charge on any atom is 0.239 e. The molecule has 1 amide bonds. The second-order valence-electron chi connectivity index (χ2n) is 5.75. The van der Waals surface area contributed by atoms with Gasteiger partial charge in [0.2, 0.25) is 5.91 Å². The quantitative estimate of drug-likeness (QED) is 0.748. The van der Waals surface area contributed by atoms with Gasteiger partial charge < -0.3 is 16.4 Å². The number of aromatic nitrogens is 1. The summed E-state index contributed by atoms with van der Waals surface area (Å²) in [6.07, 6.45) is 1.73. The van der Waals surface area contributed by atoms with Crippen molar-refractivity contribution in [2.45, 2.75) is 26.3 Å². The fourth-order valence-electron chi connectivity index (χ4n) is 1.97. The predicted octanol–water partition coefficient (Wildman–Crippen LogP) is 2.14. The fourth-order valence-corrected chi connectivity index (χ4v) is 1.97. The first-order valence-corrected chi connectivity index (χ1v) is 6.55. The first-order chi connectivity index (χ1) is 9.37. The van der Waals surface area contributed by atoms with E-state index in [0.29, 0.717) is 5.69 Å². The largest absolute Gasteiger partial charge is 0.397 e. The predicted molar refractivity (Wildman–Crippen MR) is 82.5 cm³/mol. The summed E-state index contributed by atoms with van der Waals surface area (Å²) in [5.41, 5.74) is 8.06. The van der Waals surface area contributed by atoms with E-state index < -0.39 is 0 Å².